The molecule has 0 spiro atoms. The summed E-state index contributed by atoms with van der Waals surface area (Å²) in [6.45, 7) is 1.44. The maximum atomic E-state index is 12.9. The van der Waals surface area contributed by atoms with Gasteiger partial charge < -0.3 is 5.32 Å². The maximum Gasteiger partial charge on any atom is 0.257 e. The molecule has 0 saturated carbocycles. The predicted molar refractivity (Wildman–Crippen MR) is 88.3 cm³/mol. The molecule has 0 radical (unpaired) electrons. The molecular formula is C16H12FN3O2S. The van der Waals surface area contributed by atoms with Crippen molar-refractivity contribution in [2.45, 2.75) is 6.92 Å². The lowest BCUT2D eigenvalue weighted by atomic mass is 10.2. The van der Waals surface area contributed by atoms with Crippen molar-refractivity contribution in [2.75, 3.05) is 10.6 Å². The Morgan fingerprint density at radius 1 is 1.09 bits per heavy atom. The van der Waals surface area contributed by atoms with Crippen LogP contribution in [0.3, 0.4) is 0 Å². The molecule has 0 bridgehead atoms. The Balaban J connectivity index is 1.81. The molecule has 0 aliphatic carbocycles. The van der Waals surface area contributed by atoms with Crippen LogP contribution < -0.4 is 10.6 Å². The minimum Gasteiger partial charge on any atom is -0.326 e. The minimum atomic E-state index is -0.396. The second-order valence-corrected chi connectivity index (χ2v) is 5.87. The highest BCUT2D eigenvalue weighted by Crippen LogP contribution is 2.28. The van der Waals surface area contributed by atoms with E-state index in [0.29, 0.717) is 16.4 Å². The number of thiazole rings is 1. The number of benzene rings is 2. The first kappa shape index (κ1) is 15.1. The molecule has 0 unspecified atom stereocenters. The van der Waals surface area contributed by atoms with E-state index >= 15 is 0 Å². The number of amides is 2. The Bertz CT molecular complexity index is 890. The number of carbonyl (C=O) groups is 2. The molecule has 0 aliphatic rings. The number of anilines is 2. The van der Waals surface area contributed by atoms with Crippen LogP contribution in [-0.4, -0.2) is 16.8 Å². The lowest BCUT2D eigenvalue weighted by molar-refractivity contribution is -0.114. The lowest BCUT2D eigenvalue weighted by Gasteiger charge is -2.00. The number of nitrogens with zero attached hydrogens (tertiary/aromatic N) is 1. The summed E-state index contributed by atoms with van der Waals surface area (Å²) < 4.78 is 13.7. The summed E-state index contributed by atoms with van der Waals surface area (Å²) in [5.74, 6) is -0.906. The van der Waals surface area contributed by atoms with Crippen LogP contribution >= 0.6 is 11.3 Å². The number of halogens is 1. The molecule has 2 N–H and O–H groups in total. The van der Waals surface area contributed by atoms with Crippen LogP contribution in [0.15, 0.2) is 42.5 Å². The third kappa shape index (κ3) is 3.51. The highest BCUT2D eigenvalue weighted by molar-refractivity contribution is 7.22. The number of hydrogen-bond acceptors (Lipinski definition) is 4. The van der Waals surface area contributed by atoms with Gasteiger partial charge in [-0.2, -0.15) is 0 Å². The average molecular weight is 329 g/mol. The van der Waals surface area contributed by atoms with Crippen LogP contribution in [-0.2, 0) is 4.79 Å². The van der Waals surface area contributed by atoms with Crippen molar-refractivity contribution < 1.29 is 14.0 Å². The molecule has 2 aromatic carbocycles. The second kappa shape index (κ2) is 6.13. The number of rotatable bonds is 3. The van der Waals surface area contributed by atoms with Gasteiger partial charge >= 0.3 is 0 Å². The molecule has 23 heavy (non-hydrogen) atoms. The van der Waals surface area contributed by atoms with Gasteiger partial charge in [-0.05, 0) is 42.5 Å². The zero-order valence-corrected chi connectivity index (χ0v) is 12.9. The predicted octanol–water partition coefficient (Wildman–Crippen LogP) is 3.65. The summed E-state index contributed by atoms with van der Waals surface area (Å²) in [6.07, 6.45) is 0. The largest absolute Gasteiger partial charge is 0.326 e. The summed E-state index contributed by atoms with van der Waals surface area (Å²) in [4.78, 5) is 27.5. The fraction of sp³-hybridized carbons (Fsp3) is 0.0625. The third-order valence-electron chi connectivity index (χ3n) is 3.04. The monoisotopic (exact) mass is 329 g/mol. The quantitative estimate of drug-likeness (QED) is 0.770. The zero-order valence-electron chi connectivity index (χ0n) is 12.1. The molecule has 0 fully saturated rings. The van der Waals surface area contributed by atoms with Gasteiger partial charge in [0.25, 0.3) is 5.91 Å². The Kier molecular flexibility index (Phi) is 4.03. The Morgan fingerprint density at radius 3 is 2.52 bits per heavy atom. The van der Waals surface area contributed by atoms with E-state index in [1.165, 1.54) is 42.5 Å². The first-order valence-electron chi connectivity index (χ1n) is 6.76. The lowest BCUT2D eigenvalue weighted by Crippen LogP contribution is -2.11. The van der Waals surface area contributed by atoms with E-state index in [0.717, 1.165) is 10.2 Å². The Hall–Kier alpha value is -2.80. The van der Waals surface area contributed by atoms with E-state index in [9.17, 15) is 14.0 Å². The van der Waals surface area contributed by atoms with Gasteiger partial charge in [0.1, 0.15) is 5.82 Å². The molecule has 1 heterocycles. The Morgan fingerprint density at radius 2 is 1.83 bits per heavy atom. The molecule has 116 valence electrons. The van der Waals surface area contributed by atoms with Gasteiger partial charge in [0, 0.05) is 18.2 Å². The summed E-state index contributed by atoms with van der Waals surface area (Å²) in [6, 6.07) is 10.6. The fourth-order valence-electron chi connectivity index (χ4n) is 2.03. The van der Waals surface area contributed by atoms with E-state index in [4.69, 9.17) is 0 Å². The van der Waals surface area contributed by atoms with Crippen molar-refractivity contribution >= 4 is 44.2 Å². The molecule has 3 aromatic rings. The number of carbonyl (C=O) groups excluding carboxylic acids is 2. The molecule has 3 rings (SSSR count). The zero-order chi connectivity index (χ0) is 16.4. The van der Waals surface area contributed by atoms with Gasteiger partial charge in [-0.15, -0.1) is 0 Å². The molecule has 7 heteroatoms. The van der Waals surface area contributed by atoms with Crippen LogP contribution in [0.1, 0.15) is 17.3 Å². The van der Waals surface area contributed by atoms with Crippen molar-refractivity contribution in [3.63, 3.8) is 0 Å². The standard InChI is InChI=1S/C16H12FN3O2S/c1-9(21)18-12-6-7-13-14(8-12)23-16(19-13)20-15(22)10-2-4-11(17)5-3-10/h2-8H,1H3,(H,18,21)(H,19,20,22). The van der Waals surface area contributed by atoms with Gasteiger partial charge in [0.2, 0.25) is 5.91 Å². The van der Waals surface area contributed by atoms with Crippen molar-refractivity contribution in [3.8, 4) is 0 Å². The molecule has 0 saturated heterocycles. The highest BCUT2D eigenvalue weighted by Gasteiger charge is 2.10. The fourth-order valence-corrected chi connectivity index (χ4v) is 2.93. The normalized spacial score (nSPS) is 10.5. The van der Waals surface area contributed by atoms with E-state index in [2.05, 4.69) is 15.6 Å². The van der Waals surface area contributed by atoms with Crippen LogP contribution in [0.25, 0.3) is 10.2 Å². The highest BCUT2D eigenvalue weighted by atomic mass is 32.1. The van der Waals surface area contributed by atoms with E-state index in [-0.39, 0.29) is 11.8 Å². The van der Waals surface area contributed by atoms with Crippen LogP contribution in [0.4, 0.5) is 15.2 Å². The smallest absolute Gasteiger partial charge is 0.257 e. The van der Waals surface area contributed by atoms with E-state index in [1.807, 2.05) is 0 Å². The van der Waals surface area contributed by atoms with Crippen molar-refractivity contribution in [3.05, 3.63) is 53.8 Å². The number of fused-ring (bicyclic) bond motifs is 1. The van der Waals surface area contributed by atoms with Gasteiger partial charge in [-0.25, -0.2) is 9.37 Å². The average Bonchev–Trinajstić information content (AvgIpc) is 2.88. The SMILES string of the molecule is CC(=O)Nc1ccc2nc(NC(=O)c3ccc(F)cc3)sc2c1. The van der Waals surface area contributed by atoms with Crippen molar-refractivity contribution in [1.29, 1.82) is 0 Å². The number of hydrogen-bond donors (Lipinski definition) is 2. The van der Waals surface area contributed by atoms with Crippen molar-refractivity contribution in [2.24, 2.45) is 0 Å². The molecule has 1 aromatic heterocycles. The first-order chi connectivity index (χ1) is 11.0. The summed E-state index contributed by atoms with van der Waals surface area (Å²) in [5, 5.41) is 5.82. The minimum absolute atomic E-state index is 0.154. The summed E-state index contributed by atoms with van der Waals surface area (Å²) >= 11 is 1.30. The number of nitrogens with one attached hydrogen (secondary N) is 2. The van der Waals surface area contributed by atoms with Crippen LogP contribution in [0.5, 0.6) is 0 Å². The molecule has 5 nitrogen and oxygen atoms in total. The van der Waals surface area contributed by atoms with Gasteiger partial charge in [-0.1, -0.05) is 11.3 Å². The molecule has 0 aliphatic heterocycles. The van der Waals surface area contributed by atoms with Gasteiger partial charge in [0.15, 0.2) is 5.13 Å². The Labute approximate surface area is 135 Å². The number of aromatic nitrogens is 1. The topological polar surface area (TPSA) is 71.1 Å². The maximum absolute atomic E-state index is 12.9. The third-order valence-corrected chi connectivity index (χ3v) is 3.97. The van der Waals surface area contributed by atoms with Crippen molar-refractivity contribution in [1.82, 2.24) is 4.98 Å². The summed E-state index contributed by atoms with van der Waals surface area (Å²) in [5.41, 5.74) is 1.74. The summed E-state index contributed by atoms with van der Waals surface area (Å²) in [7, 11) is 0. The van der Waals surface area contributed by atoms with Crippen LogP contribution in [0.2, 0.25) is 0 Å². The van der Waals surface area contributed by atoms with Gasteiger partial charge in [0.05, 0.1) is 10.2 Å². The molecule has 2 amide bonds. The van der Waals surface area contributed by atoms with E-state index in [1.54, 1.807) is 18.2 Å². The molecule has 0 atom stereocenters. The van der Waals surface area contributed by atoms with E-state index < -0.39 is 5.82 Å². The van der Waals surface area contributed by atoms with Crippen LogP contribution in [0, 0.1) is 5.82 Å². The second-order valence-electron chi connectivity index (χ2n) is 4.84. The van der Waals surface area contributed by atoms with Gasteiger partial charge in [-0.3, -0.25) is 14.9 Å². The first-order valence-corrected chi connectivity index (χ1v) is 7.58. The molecular weight excluding hydrogens is 317 g/mol.